The van der Waals surface area contributed by atoms with Gasteiger partial charge in [-0.05, 0) is 40.6 Å². The van der Waals surface area contributed by atoms with E-state index in [-0.39, 0.29) is 46.5 Å². The molecule has 0 spiro atoms. The number of benzene rings is 5. The van der Waals surface area contributed by atoms with E-state index in [1.165, 1.54) is 73.3 Å². The van der Waals surface area contributed by atoms with Gasteiger partial charge in [0.05, 0.1) is 0 Å². The molecule has 0 saturated heterocycles. The van der Waals surface area contributed by atoms with E-state index in [4.69, 9.17) is 23.2 Å². The third kappa shape index (κ3) is 7.22. The summed E-state index contributed by atoms with van der Waals surface area (Å²) >= 11 is 14.1. The summed E-state index contributed by atoms with van der Waals surface area (Å²) < 4.78 is 1.31. The van der Waals surface area contributed by atoms with Gasteiger partial charge in [-0.15, -0.1) is 6.92 Å². The van der Waals surface area contributed by atoms with Gasteiger partial charge in [-0.2, -0.15) is 29.3 Å². The summed E-state index contributed by atoms with van der Waals surface area (Å²) in [4.78, 5) is 0. The zero-order valence-electron chi connectivity index (χ0n) is 36.0. The molecule has 2 atom stereocenters. The second-order valence-corrected chi connectivity index (χ2v) is 20.4. The number of hydrogen-bond donors (Lipinski definition) is 0. The summed E-state index contributed by atoms with van der Waals surface area (Å²) in [5.74, 6) is 2.24. The maximum absolute atomic E-state index is 6.38. The normalized spacial score (nSPS) is 21.2. The molecule has 6 aromatic carbocycles. The smallest absolute Gasteiger partial charge is 0.172 e. The average Bonchev–Trinajstić information content (AvgIpc) is 3.94. The van der Waals surface area contributed by atoms with Crippen molar-refractivity contribution in [1.82, 2.24) is 0 Å². The van der Waals surface area contributed by atoms with E-state index in [1.807, 2.05) is 54.6 Å². The minimum Gasteiger partial charge on any atom is -1.00 e. The van der Waals surface area contributed by atoms with E-state index in [1.54, 1.807) is 28.2 Å². The molecule has 0 nitrogen and oxygen atoms in total. The van der Waals surface area contributed by atoms with E-state index < -0.39 is 0 Å². The molecule has 2 unspecified atom stereocenters. The van der Waals surface area contributed by atoms with Crippen LogP contribution in [0.15, 0.2) is 156 Å². The molecule has 1 fully saturated rings. The molecule has 0 aromatic heterocycles. The van der Waals surface area contributed by atoms with Gasteiger partial charge in [0.1, 0.15) is 0 Å². The van der Waals surface area contributed by atoms with Crippen LogP contribution in [0.1, 0.15) is 90.5 Å². The van der Waals surface area contributed by atoms with Gasteiger partial charge < -0.3 is 24.8 Å². The predicted molar refractivity (Wildman–Crippen MR) is 247 cm³/mol. The Morgan fingerprint density at radius 3 is 1.72 bits per heavy atom. The van der Waals surface area contributed by atoms with Crippen LogP contribution in [0.3, 0.4) is 0 Å². The van der Waals surface area contributed by atoms with Gasteiger partial charge in [-0.1, -0.05) is 113 Å². The van der Waals surface area contributed by atoms with Gasteiger partial charge in [-0.25, -0.2) is 18.1 Å². The number of fused-ring (bicyclic) bond motifs is 8. The predicted octanol–water partition coefficient (Wildman–Crippen LogP) is 9.79. The van der Waals surface area contributed by atoms with Crippen molar-refractivity contribution in [3.8, 4) is 0 Å². The van der Waals surface area contributed by atoms with Crippen LogP contribution in [0, 0.1) is 33.5 Å². The molecule has 60 heavy (non-hydrogen) atoms. The second-order valence-electron chi connectivity index (χ2n) is 18.4. The van der Waals surface area contributed by atoms with E-state index >= 15 is 0 Å². The zero-order valence-corrected chi connectivity index (χ0v) is 41.5. The van der Waals surface area contributed by atoms with Crippen LogP contribution >= 0.6 is 23.2 Å². The zero-order chi connectivity index (χ0) is 41.2. The topological polar surface area (TPSA) is 0 Å². The number of hydrogen-bond acceptors (Lipinski definition) is 0. The van der Waals surface area contributed by atoms with Crippen LogP contribution in [0.5, 0.6) is 0 Å². The van der Waals surface area contributed by atoms with Crippen LogP contribution in [0.4, 0.5) is 0 Å². The van der Waals surface area contributed by atoms with Crippen LogP contribution in [-0.2, 0) is 30.7 Å². The number of rotatable bonds is 2. The molecule has 0 amide bonds. The van der Waals surface area contributed by atoms with Crippen molar-refractivity contribution >= 4 is 53.5 Å². The minimum absolute atomic E-state index is 0. The molecule has 1 saturated carbocycles. The number of halogens is 4. The van der Waals surface area contributed by atoms with Crippen molar-refractivity contribution in [2.24, 2.45) is 27.6 Å². The third-order valence-electron chi connectivity index (χ3n) is 15.6. The van der Waals surface area contributed by atoms with Gasteiger partial charge in [0.25, 0.3) is 0 Å². The Labute approximate surface area is 396 Å². The fourth-order valence-corrected chi connectivity index (χ4v) is 12.5. The van der Waals surface area contributed by atoms with E-state index in [0.29, 0.717) is 5.92 Å². The first-order valence-electron chi connectivity index (χ1n) is 20.8. The molecule has 5 heteroatoms. The molecule has 0 aliphatic heterocycles. The Balaban J connectivity index is 0.000000177. The first-order valence-corrected chi connectivity index (χ1v) is 22.8. The SMILES string of the molecule is C[C-]1C2=C3Cc4ccccc4C3=C3C=CCCC3C2(C)C(C)(C)C(C)(C)C1(C)C.Clc1ccc([C](=[Zr+2])c2ccc(Cl)c3ccccc23)c2ccccc12.[Cl-].[Cl-].c1cc[cH-]c1. The largest absolute Gasteiger partial charge is 1.00 e. The van der Waals surface area contributed by atoms with Crippen LogP contribution in [0.25, 0.3) is 27.1 Å². The van der Waals surface area contributed by atoms with Crippen molar-refractivity contribution in [3.05, 3.63) is 194 Å². The Kier molecular flexibility index (Phi) is 13.7. The fourth-order valence-electron chi connectivity index (χ4n) is 11.0. The molecule has 0 heterocycles. The van der Waals surface area contributed by atoms with Crippen molar-refractivity contribution in [2.45, 2.75) is 74.7 Å². The van der Waals surface area contributed by atoms with Crippen molar-refractivity contribution in [1.29, 1.82) is 0 Å². The maximum atomic E-state index is 6.38. The summed E-state index contributed by atoms with van der Waals surface area (Å²) in [6.07, 6.45) is 8.50. The summed E-state index contributed by atoms with van der Waals surface area (Å²) in [5, 5.41) is 6.15. The molecule has 0 radical (unpaired) electrons. The van der Waals surface area contributed by atoms with Crippen LogP contribution < -0.4 is 24.8 Å². The van der Waals surface area contributed by atoms with Crippen molar-refractivity contribution in [3.63, 3.8) is 0 Å². The summed E-state index contributed by atoms with van der Waals surface area (Å²) in [7, 11) is 0. The monoisotopic (exact) mass is 944 g/mol. The Hall–Kier alpha value is -3.03. The molecule has 6 aromatic rings. The molecule has 0 N–H and O–H groups in total. The minimum atomic E-state index is 0. The van der Waals surface area contributed by atoms with E-state index in [9.17, 15) is 0 Å². The molecular formula is C55H54Cl4Zr-2. The van der Waals surface area contributed by atoms with Crippen LogP contribution in [-0.4, -0.2) is 3.21 Å². The molecule has 10 rings (SSSR count). The fraction of sp³-hybridized carbons (Fsp3) is 0.291. The maximum Gasteiger partial charge on any atom is -0.172 e. The van der Waals surface area contributed by atoms with Gasteiger partial charge in [-0.3, -0.25) is 0 Å². The van der Waals surface area contributed by atoms with Gasteiger partial charge in [0.2, 0.25) is 0 Å². The van der Waals surface area contributed by atoms with Crippen LogP contribution in [0.2, 0.25) is 10.0 Å². The third-order valence-corrected chi connectivity index (χ3v) is 17.6. The van der Waals surface area contributed by atoms with Crippen molar-refractivity contribution < 1.29 is 49.0 Å². The molecule has 4 aliphatic carbocycles. The van der Waals surface area contributed by atoms with Gasteiger partial charge >= 0.3 is 166 Å². The molecular weight excluding hydrogens is 894 g/mol. The summed E-state index contributed by atoms with van der Waals surface area (Å²) in [6, 6.07) is 44.0. The standard InChI is InChI=1S/C29H37.C21H12Cl2.C5H5.2ClH.Zr/c1-18-25-22-17-19-13-9-10-14-20(19)24(22)21-15-11-12-16-23(21)29(25,8)28(6,7)27(4,5)26(18,2)3;22-20-11-9-14(16-5-1-3-7-18(16)20)13-15-10-12-21(23)19-8-4-2-6-17(15)19;1-2-4-5-3-1;;;/h9-11,13-15,23H,12,16-17H2,1-8H3;1-12H;1-5H;2*1H;/q-1;;-1;;;+2/p-2. The Bertz CT molecular complexity index is 2550. The molecule has 0 bridgehead atoms. The second kappa shape index (κ2) is 17.6. The molecule has 308 valence electrons. The summed E-state index contributed by atoms with van der Waals surface area (Å²) in [6.45, 7) is 20.3. The van der Waals surface area contributed by atoms with Gasteiger partial charge in [0, 0.05) is 0 Å². The number of allylic oxidation sites excluding steroid dienone is 6. The molecule has 4 aliphatic rings. The van der Waals surface area contributed by atoms with E-state index in [0.717, 1.165) is 27.2 Å². The van der Waals surface area contributed by atoms with Crippen molar-refractivity contribution in [2.75, 3.05) is 0 Å². The quantitative estimate of drug-likeness (QED) is 0.152. The Morgan fingerprint density at radius 1 is 0.667 bits per heavy atom. The first-order chi connectivity index (χ1) is 27.6. The average molecular weight is 948 g/mol. The first kappa shape index (κ1) is 46.5. The van der Waals surface area contributed by atoms with Gasteiger partial charge in [0.15, 0.2) is 0 Å². The van der Waals surface area contributed by atoms with E-state index in [2.05, 4.69) is 140 Å². The summed E-state index contributed by atoms with van der Waals surface area (Å²) in [5.41, 5.74) is 12.8. The Morgan fingerprint density at radius 2 is 1.18 bits per heavy atom.